The highest BCUT2D eigenvalue weighted by molar-refractivity contribution is 5.77. The van der Waals surface area contributed by atoms with Crippen molar-refractivity contribution in [1.82, 2.24) is 15.3 Å². The van der Waals surface area contributed by atoms with Crippen LogP contribution in [-0.4, -0.2) is 61.6 Å². The van der Waals surface area contributed by atoms with Crippen molar-refractivity contribution >= 4 is 11.6 Å². The van der Waals surface area contributed by atoms with E-state index in [1.807, 2.05) is 5.01 Å². The molecular formula is C16H24N4O. The smallest absolute Gasteiger partial charge is 0.235 e. The molecule has 1 aromatic carbocycles. The first-order chi connectivity index (χ1) is 10.3. The normalized spacial score (nSPS) is 20.8. The predicted molar refractivity (Wildman–Crippen MR) is 84.0 cm³/mol. The lowest BCUT2D eigenvalue weighted by molar-refractivity contribution is -0.121. The first kappa shape index (κ1) is 14.4. The van der Waals surface area contributed by atoms with Crippen molar-refractivity contribution in [2.24, 2.45) is 0 Å². The van der Waals surface area contributed by atoms with Crippen LogP contribution in [0.3, 0.4) is 0 Å². The Balaban J connectivity index is 1.35. The van der Waals surface area contributed by atoms with Gasteiger partial charge in [0.05, 0.1) is 0 Å². The van der Waals surface area contributed by atoms with Gasteiger partial charge < -0.3 is 4.90 Å². The molecule has 5 nitrogen and oxygen atoms in total. The summed E-state index contributed by atoms with van der Waals surface area (Å²) in [5.41, 5.74) is 4.22. The van der Waals surface area contributed by atoms with Crippen LogP contribution < -0.4 is 10.3 Å². The first-order valence-electron chi connectivity index (χ1n) is 7.88. The van der Waals surface area contributed by atoms with Crippen molar-refractivity contribution in [3.8, 4) is 0 Å². The average Bonchev–Trinajstić information content (AvgIpc) is 2.94. The fourth-order valence-electron chi connectivity index (χ4n) is 3.05. The zero-order valence-corrected chi connectivity index (χ0v) is 12.5. The molecule has 5 heteroatoms. The molecule has 2 heterocycles. The van der Waals surface area contributed by atoms with Crippen molar-refractivity contribution in [3.63, 3.8) is 0 Å². The number of hydrazine groups is 1. The number of anilines is 1. The molecule has 1 aromatic rings. The number of carbonyl (C=O) groups excluding carboxylic acids is 1. The molecule has 0 atom stereocenters. The minimum atomic E-state index is 0.159. The third-order valence-corrected chi connectivity index (χ3v) is 4.29. The summed E-state index contributed by atoms with van der Waals surface area (Å²) in [5.74, 6) is 0.159. The van der Waals surface area contributed by atoms with E-state index in [0.717, 1.165) is 52.2 Å². The van der Waals surface area contributed by atoms with Gasteiger partial charge in [-0.3, -0.25) is 15.1 Å². The summed E-state index contributed by atoms with van der Waals surface area (Å²) in [6.07, 6.45) is 1.77. The fraction of sp³-hybridized carbons (Fsp3) is 0.562. The van der Waals surface area contributed by atoms with E-state index < -0.39 is 0 Å². The number of nitrogens with zero attached hydrogens (tertiary/aromatic N) is 3. The Morgan fingerprint density at radius 1 is 0.952 bits per heavy atom. The number of carbonyl (C=O) groups is 1. The topological polar surface area (TPSA) is 38.8 Å². The number of nitrogens with one attached hydrogen (secondary N) is 1. The van der Waals surface area contributed by atoms with E-state index in [9.17, 15) is 4.79 Å². The predicted octanol–water partition coefficient (Wildman–Crippen LogP) is 0.936. The Kier molecular flexibility index (Phi) is 4.72. The largest absolute Gasteiger partial charge is 0.369 e. The van der Waals surface area contributed by atoms with E-state index in [1.165, 1.54) is 5.69 Å². The molecule has 0 aromatic heterocycles. The molecule has 2 saturated heterocycles. The fourth-order valence-corrected chi connectivity index (χ4v) is 3.05. The Bertz CT molecular complexity index is 457. The number of amides is 1. The van der Waals surface area contributed by atoms with Crippen LogP contribution in [-0.2, 0) is 4.79 Å². The highest BCUT2D eigenvalue weighted by atomic mass is 16.2. The van der Waals surface area contributed by atoms with E-state index in [2.05, 4.69) is 45.6 Å². The SMILES string of the molecule is O=C1CCN(CCCN2CCN(c3ccccc3)CC2)N1. The summed E-state index contributed by atoms with van der Waals surface area (Å²) in [6, 6.07) is 10.6. The molecule has 1 N–H and O–H groups in total. The maximum atomic E-state index is 11.1. The molecule has 2 fully saturated rings. The molecule has 0 spiro atoms. The van der Waals surface area contributed by atoms with Crippen molar-refractivity contribution in [3.05, 3.63) is 30.3 Å². The minimum Gasteiger partial charge on any atom is -0.369 e. The standard InChI is InChI=1S/C16H24N4O/c21-16-7-10-20(17-16)9-4-8-18-11-13-19(14-12-18)15-5-2-1-3-6-15/h1-3,5-6H,4,7-14H2,(H,17,21). The summed E-state index contributed by atoms with van der Waals surface area (Å²) in [7, 11) is 0. The second-order valence-corrected chi connectivity index (χ2v) is 5.79. The molecule has 0 saturated carbocycles. The number of hydrogen-bond donors (Lipinski definition) is 1. The van der Waals surface area contributed by atoms with Crippen LogP contribution in [0.5, 0.6) is 0 Å². The van der Waals surface area contributed by atoms with Gasteiger partial charge in [-0.2, -0.15) is 0 Å². The summed E-state index contributed by atoms with van der Waals surface area (Å²) < 4.78 is 0. The molecular weight excluding hydrogens is 264 g/mol. The van der Waals surface area contributed by atoms with Gasteiger partial charge in [-0.15, -0.1) is 0 Å². The van der Waals surface area contributed by atoms with Crippen molar-refractivity contribution in [2.75, 3.05) is 50.7 Å². The Labute approximate surface area is 126 Å². The van der Waals surface area contributed by atoms with E-state index in [4.69, 9.17) is 0 Å². The monoisotopic (exact) mass is 288 g/mol. The van der Waals surface area contributed by atoms with Crippen LogP contribution in [0, 0.1) is 0 Å². The van der Waals surface area contributed by atoms with Crippen molar-refractivity contribution in [1.29, 1.82) is 0 Å². The second kappa shape index (κ2) is 6.91. The average molecular weight is 288 g/mol. The summed E-state index contributed by atoms with van der Waals surface area (Å²) in [5, 5.41) is 2.04. The molecule has 0 radical (unpaired) electrons. The van der Waals surface area contributed by atoms with Crippen LogP contribution in [0.25, 0.3) is 0 Å². The van der Waals surface area contributed by atoms with Gasteiger partial charge in [-0.25, -0.2) is 5.01 Å². The molecule has 0 unspecified atom stereocenters. The maximum absolute atomic E-state index is 11.1. The summed E-state index contributed by atoms with van der Waals surface area (Å²) in [4.78, 5) is 16.1. The summed E-state index contributed by atoms with van der Waals surface area (Å²) in [6.45, 7) is 7.40. The van der Waals surface area contributed by atoms with Gasteiger partial charge in [-0.1, -0.05) is 18.2 Å². The third-order valence-electron chi connectivity index (χ3n) is 4.29. The molecule has 2 aliphatic heterocycles. The lowest BCUT2D eigenvalue weighted by atomic mass is 10.2. The van der Waals surface area contributed by atoms with Crippen LogP contribution in [0.4, 0.5) is 5.69 Å². The van der Waals surface area contributed by atoms with E-state index >= 15 is 0 Å². The second-order valence-electron chi connectivity index (χ2n) is 5.79. The molecule has 2 aliphatic rings. The number of piperazine rings is 1. The van der Waals surface area contributed by atoms with Crippen LogP contribution in [0.2, 0.25) is 0 Å². The van der Waals surface area contributed by atoms with Gasteiger partial charge in [0.15, 0.2) is 0 Å². The van der Waals surface area contributed by atoms with Gasteiger partial charge in [0.25, 0.3) is 0 Å². The van der Waals surface area contributed by atoms with E-state index in [1.54, 1.807) is 0 Å². The van der Waals surface area contributed by atoms with E-state index in [-0.39, 0.29) is 5.91 Å². The number of benzene rings is 1. The zero-order chi connectivity index (χ0) is 14.5. The quantitative estimate of drug-likeness (QED) is 0.875. The first-order valence-corrected chi connectivity index (χ1v) is 7.88. The molecule has 21 heavy (non-hydrogen) atoms. The molecule has 3 rings (SSSR count). The van der Waals surface area contributed by atoms with Gasteiger partial charge >= 0.3 is 0 Å². The molecule has 1 amide bonds. The van der Waals surface area contributed by atoms with Crippen molar-refractivity contribution < 1.29 is 4.79 Å². The third kappa shape index (κ3) is 3.95. The zero-order valence-electron chi connectivity index (χ0n) is 12.5. The number of para-hydroxylation sites is 1. The Hall–Kier alpha value is -1.59. The van der Waals surface area contributed by atoms with Gasteiger partial charge in [-0.05, 0) is 25.1 Å². The van der Waals surface area contributed by atoms with Gasteiger partial charge in [0.2, 0.25) is 5.91 Å². The lowest BCUT2D eigenvalue weighted by Gasteiger charge is -2.36. The number of hydrogen-bond acceptors (Lipinski definition) is 4. The Morgan fingerprint density at radius 3 is 2.38 bits per heavy atom. The lowest BCUT2D eigenvalue weighted by Crippen LogP contribution is -2.47. The molecule has 114 valence electrons. The van der Waals surface area contributed by atoms with Gasteiger partial charge in [0.1, 0.15) is 0 Å². The summed E-state index contributed by atoms with van der Waals surface area (Å²) >= 11 is 0. The number of rotatable bonds is 5. The highest BCUT2D eigenvalue weighted by Gasteiger charge is 2.19. The molecule has 0 aliphatic carbocycles. The molecule has 0 bridgehead atoms. The maximum Gasteiger partial charge on any atom is 0.235 e. The minimum absolute atomic E-state index is 0.159. The van der Waals surface area contributed by atoms with Crippen LogP contribution >= 0.6 is 0 Å². The van der Waals surface area contributed by atoms with Crippen LogP contribution in [0.15, 0.2) is 30.3 Å². The Morgan fingerprint density at radius 2 is 1.71 bits per heavy atom. The van der Waals surface area contributed by atoms with Gasteiger partial charge in [0, 0.05) is 51.4 Å². The van der Waals surface area contributed by atoms with Crippen molar-refractivity contribution in [2.45, 2.75) is 12.8 Å². The highest BCUT2D eigenvalue weighted by Crippen LogP contribution is 2.15. The van der Waals surface area contributed by atoms with Crippen LogP contribution in [0.1, 0.15) is 12.8 Å². The van der Waals surface area contributed by atoms with E-state index in [0.29, 0.717) is 6.42 Å².